The van der Waals surface area contributed by atoms with Gasteiger partial charge in [-0.15, -0.1) is 0 Å². The topological polar surface area (TPSA) is 55.1 Å². The van der Waals surface area contributed by atoms with E-state index >= 15 is 0 Å². The summed E-state index contributed by atoms with van der Waals surface area (Å²) < 4.78 is 0. The molecule has 74 valence electrons. The molecule has 5 heteroatoms. The normalized spacial score (nSPS) is 10.5. The molecule has 0 fully saturated rings. The van der Waals surface area contributed by atoms with E-state index in [2.05, 4.69) is 0 Å². The second kappa shape index (κ2) is 5.00. The van der Waals surface area contributed by atoms with Crippen LogP contribution in [0.5, 0.6) is 0 Å². The van der Waals surface area contributed by atoms with Gasteiger partial charge in [0.2, 0.25) is 0 Å². The number of amides is 1. The zero-order valence-electron chi connectivity index (χ0n) is 7.13. The van der Waals surface area contributed by atoms with Gasteiger partial charge in [-0.25, -0.2) is 5.84 Å². The van der Waals surface area contributed by atoms with Crippen LogP contribution < -0.4 is 11.3 Å². The van der Waals surface area contributed by atoms with Gasteiger partial charge in [0.1, 0.15) is 0 Å². The fourth-order valence-electron chi connectivity index (χ4n) is 0.856. The van der Waals surface area contributed by atoms with E-state index < -0.39 is 5.91 Å². The first-order valence-electron chi connectivity index (χ1n) is 3.77. The largest absolute Gasteiger partial charge is 0.291 e. The predicted octanol–water partition coefficient (Wildman–Crippen LogP) is 2.00. The van der Waals surface area contributed by atoms with Crippen molar-refractivity contribution in [1.29, 1.82) is 0 Å². The third-order valence-corrected chi connectivity index (χ3v) is 2.09. The molecule has 14 heavy (non-hydrogen) atoms. The van der Waals surface area contributed by atoms with Gasteiger partial charge in [-0.05, 0) is 29.8 Å². The molecule has 0 saturated carbocycles. The van der Waals surface area contributed by atoms with Gasteiger partial charge in [-0.1, -0.05) is 23.2 Å². The molecule has 3 nitrogen and oxygen atoms in total. The molecule has 3 N–H and O–H groups in total. The van der Waals surface area contributed by atoms with Crippen LogP contribution in [0.15, 0.2) is 24.3 Å². The second-order valence-electron chi connectivity index (χ2n) is 2.51. The molecule has 0 aromatic heterocycles. The molecule has 0 spiro atoms. The lowest BCUT2D eigenvalue weighted by Gasteiger charge is -1.98. The van der Waals surface area contributed by atoms with Crippen molar-refractivity contribution in [3.05, 3.63) is 39.9 Å². The highest BCUT2D eigenvalue weighted by molar-refractivity contribution is 6.34. The number of nitrogens with two attached hydrogens (primary N) is 1. The number of halogens is 2. The van der Waals surface area contributed by atoms with Crippen LogP contribution in [-0.4, -0.2) is 5.91 Å². The first-order chi connectivity index (χ1) is 6.63. The van der Waals surface area contributed by atoms with Gasteiger partial charge in [-0.2, -0.15) is 0 Å². The lowest BCUT2D eigenvalue weighted by atomic mass is 10.2. The molecule has 0 heterocycles. The van der Waals surface area contributed by atoms with Crippen molar-refractivity contribution in [1.82, 2.24) is 5.43 Å². The summed E-state index contributed by atoms with van der Waals surface area (Å²) in [6, 6.07) is 4.98. The minimum absolute atomic E-state index is 0.402. The van der Waals surface area contributed by atoms with Gasteiger partial charge < -0.3 is 0 Å². The van der Waals surface area contributed by atoms with Crippen LogP contribution in [0, 0.1) is 0 Å². The van der Waals surface area contributed by atoms with E-state index in [4.69, 9.17) is 29.0 Å². The average molecular weight is 231 g/mol. The summed E-state index contributed by atoms with van der Waals surface area (Å²) in [5.41, 5.74) is 2.64. The fourth-order valence-corrected chi connectivity index (χ4v) is 1.22. The van der Waals surface area contributed by atoms with Crippen molar-refractivity contribution in [2.75, 3.05) is 0 Å². The van der Waals surface area contributed by atoms with E-state index in [1.54, 1.807) is 18.2 Å². The summed E-state index contributed by atoms with van der Waals surface area (Å²) >= 11 is 11.6. The number of carbonyl (C=O) groups is 1. The van der Waals surface area contributed by atoms with Crippen molar-refractivity contribution in [2.45, 2.75) is 0 Å². The van der Waals surface area contributed by atoms with Crippen molar-refractivity contribution >= 4 is 35.2 Å². The molecular weight excluding hydrogens is 223 g/mol. The minimum Gasteiger partial charge on any atom is -0.291 e. The minimum atomic E-state index is -0.402. The molecule has 0 bridgehead atoms. The van der Waals surface area contributed by atoms with Crippen LogP contribution in [0.2, 0.25) is 10.0 Å². The SMILES string of the molecule is NNC(=O)/C=C/c1cc(Cl)ccc1Cl. The smallest absolute Gasteiger partial charge is 0.257 e. The Morgan fingerprint density at radius 1 is 1.43 bits per heavy atom. The van der Waals surface area contributed by atoms with Crippen LogP contribution in [-0.2, 0) is 4.79 Å². The first kappa shape index (κ1) is 11.0. The maximum absolute atomic E-state index is 10.8. The van der Waals surface area contributed by atoms with E-state index in [9.17, 15) is 4.79 Å². The molecule has 1 rings (SSSR count). The monoisotopic (exact) mass is 230 g/mol. The molecule has 0 aliphatic rings. The van der Waals surface area contributed by atoms with E-state index in [1.807, 2.05) is 5.43 Å². The number of carbonyl (C=O) groups excluding carboxylic acids is 1. The van der Waals surface area contributed by atoms with E-state index in [0.717, 1.165) is 0 Å². The molecule has 0 saturated heterocycles. The number of nitrogens with one attached hydrogen (secondary N) is 1. The first-order valence-corrected chi connectivity index (χ1v) is 4.53. The van der Waals surface area contributed by atoms with Crippen LogP contribution in [0.25, 0.3) is 6.08 Å². The summed E-state index contributed by atoms with van der Waals surface area (Å²) in [6.07, 6.45) is 2.81. The molecule has 0 unspecified atom stereocenters. The Balaban J connectivity index is 2.90. The number of benzene rings is 1. The Morgan fingerprint density at radius 3 is 2.79 bits per heavy atom. The van der Waals surface area contributed by atoms with E-state index in [-0.39, 0.29) is 0 Å². The predicted molar refractivity (Wildman–Crippen MR) is 57.8 cm³/mol. The van der Waals surface area contributed by atoms with Crippen LogP contribution in [0.3, 0.4) is 0 Å². The zero-order chi connectivity index (χ0) is 10.6. The Morgan fingerprint density at radius 2 is 2.14 bits per heavy atom. The zero-order valence-corrected chi connectivity index (χ0v) is 8.64. The van der Waals surface area contributed by atoms with Crippen molar-refractivity contribution in [2.24, 2.45) is 5.84 Å². The summed E-state index contributed by atoms with van der Waals surface area (Å²) in [5.74, 6) is 4.49. The maximum atomic E-state index is 10.8. The van der Waals surface area contributed by atoms with E-state index in [1.165, 1.54) is 12.2 Å². The summed E-state index contributed by atoms with van der Waals surface area (Å²) in [6.45, 7) is 0. The molecule has 0 radical (unpaired) electrons. The molecule has 0 aliphatic heterocycles. The Labute approximate surface area is 91.5 Å². The average Bonchev–Trinajstić information content (AvgIpc) is 2.19. The van der Waals surface area contributed by atoms with Crippen molar-refractivity contribution in [3.63, 3.8) is 0 Å². The Hall–Kier alpha value is -1.03. The lowest BCUT2D eigenvalue weighted by Crippen LogP contribution is -2.27. The van der Waals surface area contributed by atoms with Gasteiger partial charge in [0.05, 0.1) is 0 Å². The standard InChI is InChI=1S/C9H8Cl2N2O/c10-7-2-3-8(11)6(5-7)1-4-9(14)13-12/h1-5H,12H2,(H,13,14)/b4-1+. The molecule has 1 amide bonds. The third-order valence-electron chi connectivity index (χ3n) is 1.51. The third kappa shape index (κ3) is 3.03. The number of hydrogen-bond acceptors (Lipinski definition) is 2. The van der Waals surface area contributed by atoms with Crippen LogP contribution >= 0.6 is 23.2 Å². The Bertz CT molecular complexity index is 377. The van der Waals surface area contributed by atoms with Crippen LogP contribution in [0.4, 0.5) is 0 Å². The van der Waals surface area contributed by atoms with Crippen molar-refractivity contribution < 1.29 is 4.79 Å². The highest BCUT2D eigenvalue weighted by atomic mass is 35.5. The molecule has 1 aromatic rings. The van der Waals surface area contributed by atoms with Gasteiger partial charge in [0, 0.05) is 16.1 Å². The number of hydrogen-bond donors (Lipinski definition) is 2. The van der Waals surface area contributed by atoms with Gasteiger partial charge in [0.15, 0.2) is 0 Å². The quantitative estimate of drug-likeness (QED) is 0.354. The second-order valence-corrected chi connectivity index (χ2v) is 3.35. The highest BCUT2D eigenvalue weighted by Gasteiger charge is 1.98. The van der Waals surface area contributed by atoms with E-state index in [0.29, 0.717) is 15.6 Å². The van der Waals surface area contributed by atoms with Gasteiger partial charge in [0.25, 0.3) is 5.91 Å². The number of hydrazine groups is 1. The lowest BCUT2D eigenvalue weighted by molar-refractivity contribution is -0.116. The van der Waals surface area contributed by atoms with Gasteiger partial charge >= 0.3 is 0 Å². The summed E-state index contributed by atoms with van der Waals surface area (Å²) in [7, 11) is 0. The molecule has 1 aromatic carbocycles. The summed E-state index contributed by atoms with van der Waals surface area (Å²) in [4.78, 5) is 10.8. The molecular formula is C9H8Cl2N2O. The highest BCUT2D eigenvalue weighted by Crippen LogP contribution is 2.21. The Kier molecular flexibility index (Phi) is 3.95. The van der Waals surface area contributed by atoms with Gasteiger partial charge in [-0.3, -0.25) is 10.2 Å². The number of rotatable bonds is 2. The maximum Gasteiger partial charge on any atom is 0.257 e. The fraction of sp³-hybridized carbons (Fsp3) is 0. The molecule has 0 aliphatic carbocycles. The summed E-state index contributed by atoms with van der Waals surface area (Å²) in [5, 5.41) is 1.08. The van der Waals surface area contributed by atoms with Crippen LogP contribution in [0.1, 0.15) is 5.56 Å². The molecule has 0 atom stereocenters. The van der Waals surface area contributed by atoms with Crippen molar-refractivity contribution in [3.8, 4) is 0 Å².